The zero-order valence-corrected chi connectivity index (χ0v) is 22.0. The maximum Gasteiger partial charge on any atom is 0.222 e. The van der Waals surface area contributed by atoms with Crippen molar-refractivity contribution >= 4 is 38.3 Å². The maximum atomic E-state index is 12.4. The topological polar surface area (TPSA) is 130 Å². The third kappa shape index (κ3) is 6.38. The molecule has 1 aliphatic carbocycles. The highest BCUT2D eigenvalue weighted by molar-refractivity contribution is 7.90. The number of aromatic nitrogens is 4. The lowest BCUT2D eigenvalue weighted by molar-refractivity contribution is -0.124. The van der Waals surface area contributed by atoms with Gasteiger partial charge in [0.15, 0.2) is 15.5 Å². The van der Waals surface area contributed by atoms with Crippen LogP contribution in [0.2, 0.25) is 0 Å². The molecule has 0 spiro atoms. The molecule has 4 rings (SSSR count). The molecule has 10 nitrogen and oxygen atoms in total. The van der Waals surface area contributed by atoms with Crippen LogP contribution in [0.5, 0.6) is 0 Å². The van der Waals surface area contributed by atoms with Crippen LogP contribution >= 0.6 is 0 Å². The molecule has 11 heteroatoms. The molecule has 0 aliphatic heterocycles. The predicted octanol–water partition coefficient (Wildman–Crippen LogP) is 3.53. The van der Waals surface area contributed by atoms with E-state index in [-0.39, 0.29) is 28.5 Å². The third-order valence-corrected chi connectivity index (χ3v) is 7.42. The van der Waals surface area contributed by atoms with Crippen molar-refractivity contribution in [2.75, 3.05) is 17.8 Å². The van der Waals surface area contributed by atoms with Crippen molar-refractivity contribution in [3.8, 4) is 0 Å². The SMILES string of the molecule is CC(C)(C)OCCC(=O)NC1CCC(N(c2ccc(S(C)(=O)=O)cc2)c2ncnc3[nH]ncc23)CC1. The minimum absolute atomic E-state index is 0.00632. The molecule has 1 saturated carbocycles. The Hall–Kier alpha value is -3.05. The van der Waals surface area contributed by atoms with Crippen molar-refractivity contribution in [1.82, 2.24) is 25.5 Å². The lowest BCUT2D eigenvalue weighted by Crippen LogP contribution is -2.43. The Labute approximate surface area is 211 Å². The number of amides is 1. The summed E-state index contributed by atoms with van der Waals surface area (Å²) in [5, 5.41) is 11.0. The highest BCUT2D eigenvalue weighted by Gasteiger charge is 2.30. The van der Waals surface area contributed by atoms with E-state index in [1.807, 2.05) is 32.9 Å². The van der Waals surface area contributed by atoms with Gasteiger partial charge in [0.2, 0.25) is 5.91 Å². The third-order valence-electron chi connectivity index (χ3n) is 6.29. The van der Waals surface area contributed by atoms with Gasteiger partial charge in [0.05, 0.1) is 28.7 Å². The highest BCUT2D eigenvalue weighted by Crippen LogP contribution is 2.36. The molecule has 2 aromatic heterocycles. The van der Waals surface area contributed by atoms with Gasteiger partial charge in [0, 0.05) is 30.4 Å². The van der Waals surface area contributed by atoms with E-state index in [1.165, 1.54) is 12.6 Å². The number of nitrogens with one attached hydrogen (secondary N) is 2. The summed E-state index contributed by atoms with van der Waals surface area (Å²) in [4.78, 5) is 23.7. The zero-order chi connectivity index (χ0) is 25.9. The van der Waals surface area contributed by atoms with E-state index in [4.69, 9.17) is 4.74 Å². The van der Waals surface area contributed by atoms with E-state index < -0.39 is 9.84 Å². The maximum absolute atomic E-state index is 12.4. The molecule has 0 saturated heterocycles. The van der Waals surface area contributed by atoms with Gasteiger partial charge in [-0.2, -0.15) is 5.10 Å². The molecule has 0 radical (unpaired) electrons. The lowest BCUT2D eigenvalue weighted by atomic mass is 9.89. The second-order valence-corrected chi connectivity index (χ2v) is 12.3. The summed E-state index contributed by atoms with van der Waals surface area (Å²) in [6, 6.07) is 7.09. The Morgan fingerprint density at radius 2 is 1.83 bits per heavy atom. The van der Waals surface area contributed by atoms with Gasteiger partial charge >= 0.3 is 0 Å². The molecular formula is C25H34N6O4S. The summed E-state index contributed by atoms with van der Waals surface area (Å²) in [6.07, 6.45) is 8.07. The minimum atomic E-state index is -3.30. The molecule has 36 heavy (non-hydrogen) atoms. The number of benzene rings is 1. The standard InChI is InChI=1S/C25H34N6O4S/c1-25(2,3)35-14-13-22(32)29-17-5-7-18(8-6-17)31(19-9-11-20(12-10-19)36(4,33)34)24-21-15-28-30-23(21)26-16-27-24/h9-12,15-18H,5-8,13-14H2,1-4H3,(H,29,32)(H,26,27,28,30). The van der Waals surface area contributed by atoms with Crippen LogP contribution in [-0.2, 0) is 19.4 Å². The van der Waals surface area contributed by atoms with E-state index in [2.05, 4.69) is 30.4 Å². The second-order valence-electron chi connectivity index (χ2n) is 10.2. The van der Waals surface area contributed by atoms with Crippen LogP contribution in [0.3, 0.4) is 0 Å². The molecule has 2 heterocycles. The van der Waals surface area contributed by atoms with E-state index >= 15 is 0 Å². The van der Waals surface area contributed by atoms with Gasteiger partial charge in [0.1, 0.15) is 12.1 Å². The number of hydrogen-bond acceptors (Lipinski definition) is 8. The first kappa shape index (κ1) is 26.0. The fourth-order valence-corrected chi connectivity index (χ4v) is 5.16. The van der Waals surface area contributed by atoms with Gasteiger partial charge in [-0.1, -0.05) is 0 Å². The largest absolute Gasteiger partial charge is 0.375 e. The van der Waals surface area contributed by atoms with Gasteiger partial charge in [0.25, 0.3) is 0 Å². The summed E-state index contributed by atoms with van der Waals surface area (Å²) in [5.41, 5.74) is 1.22. The van der Waals surface area contributed by atoms with Crippen molar-refractivity contribution in [2.24, 2.45) is 0 Å². The van der Waals surface area contributed by atoms with E-state index in [9.17, 15) is 13.2 Å². The number of ether oxygens (including phenoxy) is 1. The second kappa shape index (κ2) is 10.5. The first-order chi connectivity index (χ1) is 17.0. The van der Waals surface area contributed by atoms with Crippen molar-refractivity contribution in [3.63, 3.8) is 0 Å². The van der Waals surface area contributed by atoms with Crippen LogP contribution in [0.25, 0.3) is 11.0 Å². The van der Waals surface area contributed by atoms with Crippen molar-refractivity contribution < 1.29 is 17.9 Å². The van der Waals surface area contributed by atoms with Crippen molar-refractivity contribution in [2.45, 2.75) is 75.5 Å². The number of aromatic amines is 1. The summed E-state index contributed by atoms with van der Waals surface area (Å²) < 4.78 is 29.6. The normalized spacial score (nSPS) is 18.8. The molecular weight excluding hydrogens is 480 g/mol. The molecule has 3 aromatic rings. The molecule has 194 valence electrons. The van der Waals surface area contributed by atoms with Gasteiger partial charge in [-0.25, -0.2) is 18.4 Å². The molecule has 1 aromatic carbocycles. The average molecular weight is 515 g/mol. The van der Waals surface area contributed by atoms with Gasteiger partial charge in [-0.15, -0.1) is 0 Å². The van der Waals surface area contributed by atoms with E-state index in [1.54, 1.807) is 18.3 Å². The van der Waals surface area contributed by atoms with Gasteiger partial charge < -0.3 is 15.0 Å². The number of sulfone groups is 1. The smallest absolute Gasteiger partial charge is 0.222 e. The summed E-state index contributed by atoms with van der Waals surface area (Å²) in [5.74, 6) is 0.722. The van der Waals surface area contributed by atoms with E-state index in [0.717, 1.165) is 36.8 Å². The molecule has 0 unspecified atom stereocenters. The molecule has 1 aliphatic rings. The Kier molecular flexibility index (Phi) is 7.60. The van der Waals surface area contributed by atoms with Crippen LogP contribution in [0.4, 0.5) is 11.5 Å². The first-order valence-corrected chi connectivity index (χ1v) is 14.1. The molecule has 1 amide bonds. The Bertz CT molecular complexity index is 1290. The summed E-state index contributed by atoms with van der Waals surface area (Å²) in [7, 11) is -3.30. The van der Waals surface area contributed by atoms with Crippen LogP contribution in [-0.4, -0.2) is 65.0 Å². The zero-order valence-electron chi connectivity index (χ0n) is 21.2. The Balaban J connectivity index is 1.50. The number of carbonyl (C=O) groups excluding carboxylic acids is 1. The van der Waals surface area contributed by atoms with Crippen LogP contribution in [0.15, 0.2) is 41.7 Å². The molecule has 0 bridgehead atoms. The number of fused-ring (bicyclic) bond motifs is 1. The predicted molar refractivity (Wildman–Crippen MR) is 138 cm³/mol. The van der Waals surface area contributed by atoms with Crippen molar-refractivity contribution in [1.29, 1.82) is 0 Å². The number of rotatable bonds is 8. The molecule has 0 atom stereocenters. The minimum Gasteiger partial charge on any atom is -0.375 e. The fraction of sp³-hybridized carbons (Fsp3) is 0.520. The molecule has 2 N–H and O–H groups in total. The van der Waals surface area contributed by atoms with Crippen LogP contribution in [0, 0.1) is 0 Å². The Morgan fingerprint density at radius 3 is 2.47 bits per heavy atom. The number of hydrogen-bond donors (Lipinski definition) is 2. The summed E-state index contributed by atoms with van der Waals surface area (Å²) >= 11 is 0. The molecule has 1 fully saturated rings. The monoisotopic (exact) mass is 514 g/mol. The number of H-pyrrole nitrogens is 1. The van der Waals surface area contributed by atoms with E-state index in [0.29, 0.717) is 24.5 Å². The summed E-state index contributed by atoms with van der Waals surface area (Å²) in [6.45, 7) is 6.32. The quantitative estimate of drug-likeness (QED) is 0.467. The highest BCUT2D eigenvalue weighted by atomic mass is 32.2. The first-order valence-electron chi connectivity index (χ1n) is 12.2. The fourth-order valence-electron chi connectivity index (χ4n) is 4.53. The van der Waals surface area contributed by atoms with Crippen molar-refractivity contribution in [3.05, 3.63) is 36.8 Å². The number of nitrogens with zero attached hydrogens (tertiary/aromatic N) is 4. The van der Waals surface area contributed by atoms with Crippen LogP contribution in [0.1, 0.15) is 52.9 Å². The lowest BCUT2D eigenvalue weighted by Gasteiger charge is -2.38. The number of anilines is 2. The van der Waals surface area contributed by atoms with Crippen LogP contribution < -0.4 is 10.2 Å². The van der Waals surface area contributed by atoms with Gasteiger partial charge in [-0.3, -0.25) is 9.89 Å². The number of carbonyl (C=O) groups is 1. The Morgan fingerprint density at radius 1 is 1.14 bits per heavy atom. The van der Waals surface area contributed by atoms with Gasteiger partial charge in [-0.05, 0) is 70.7 Å². The average Bonchev–Trinajstić information content (AvgIpc) is 3.29.